The number of rotatable bonds is 4. The largest absolute Gasteiger partial charge is 0.354 e. The molecule has 0 radical (unpaired) electrons. The highest BCUT2D eigenvalue weighted by Gasteiger charge is 2.25. The van der Waals surface area contributed by atoms with E-state index in [0.29, 0.717) is 5.92 Å². The van der Waals surface area contributed by atoms with Gasteiger partial charge >= 0.3 is 0 Å². The van der Waals surface area contributed by atoms with Gasteiger partial charge in [0.2, 0.25) is 5.91 Å². The zero-order chi connectivity index (χ0) is 11.3. The van der Waals surface area contributed by atoms with E-state index in [9.17, 15) is 4.79 Å². The van der Waals surface area contributed by atoms with E-state index >= 15 is 0 Å². The van der Waals surface area contributed by atoms with Crippen LogP contribution in [0.1, 0.15) is 33.1 Å². The number of amides is 1. The van der Waals surface area contributed by atoms with E-state index in [4.69, 9.17) is 0 Å². The molecule has 1 amide bonds. The Morgan fingerprint density at radius 1 is 1.47 bits per heavy atom. The first-order valence-electron chi connectivity index (χ1n) is 5.68. The van der Waals surface area contributed by atoms with Crippen LogP contribution in [0.2, 0.25) is 0 Å². The minimum atomic E-state index is -0.468. The number of carbonyl (C=O) groups is 1. The second-order valence-electron chi connectivity index (χ2n) is 4.74. The fourth-order valence-corrected chi connectivity index (χ4v) is 1.61. The standard InChI is InChI=1S/C12H22N2O/c1-12(2,13-3)11(15)14-9-10-7-5-4-6-8-10/h4-5,10,13H,6-9H2,1-3H3,(H,14,15). The second kappa shape index (κ2) is 5.31. The van der Waals surface area contributed by atoms with E-state index in [1.807, 2.05) is 20.9 Å². The topological polar surface area (TPSA) is 41.1 Å². The minimum absolute atomic E-state index is 0.0829. The van der Waals surface area contributed by atoms with Crippen LogP contribution in [0.15, 0.2) is 12.2 Å². The Bertz CT molecular complexity index is 246. The third-order valence-corrected chi connectivity index (χ3v) is 3.12. The fraction of sp³-hybridized carbons (Fsp3) is 0.750. The first kappa shape index (κ1) is 12.2. The molecule has 0 saturated heterocycles. The SMILES string of the molecule is CNC(C)(C)C(=O)NCC1CC=CCC1. The summed E-state index contributed by atoms with van der Waals surface area (Å²) in [6.45, 7) is 4.58. The summed E-state index contributed by atoms with van der Waals surface area (Å²) in [6.07, 6.45) is 7.87. The maximum Gasteiger partial charge on any atom is 0.239 e. The molecule has 86 valence electrons. The van der Waals surface area contributed by atoms with E-state index < -0.39 is 5.54 Å². The van der Waals surface area contributed by atoms with E-state index in [2.05, 4.69) is 22.8 Å². The lowest BCUT2D eigenvalue weighted by Gasteiger charge is -2.25. The summed E-state index contributed by atoms with van der Waals surface area (Å²) in [4.78, 5) is 11.7. The van der Waals surface area contributed by atoms with Crippen LogP contribution in [0.3, 0.4) is 0 Å². The van der Waals surface area contributed by atoms with Crippen LogP contribution >= 0.6 is 0 Å². The molecule has 0 aromatic carbocycles. The number of carbonyl (C=O) groups excluding carboxylic acids is 1. The zero-order valence-corrected chi connectivity index (χ0v) is 9.97. The molecule has 0 saturated carbocycles. The highest BCUT2D eigenvalue weighted by molar-refractivity contribution is 5.85. The Hall–Kier alpha value is -0.830. The lowest BCUT2D eigenvalue weighted by molar-refractivity contribution is -0.126. The quantitative estimate of drug-likeness (QED) is 0.690. The highest BCUT2D eigenvalue weighted by Crippen LogP contribution is 2.17. The van der Waals surface area contributed by atoms with Gasteiger partial charge in [0.05, 0.1) is 5.54 Å². The molecule has 1 aliphatic carbocycles. The van der Waals surface area contributed by atoms with E-state index in [-0.39, 0.29) is 5.91 Å². The monoisotopic (exact) mass is 210 g/mol. The summed E-state index contributed by atoms with van der Waals surface area (Å²) < 4.78 is 0. The average molecular weight is 210 g/mol. The van der Waals surface area contributed by atoms with Crippen molar-refractivity contribution in [1.82, 2.24) is 10.6 Å². The summed E-state index contributed by atoms with van der Waals surface area (Å²) in [6, 6.07) is 0. The second-order valence-corrected chi connectivity index (χ2v) is 4.74. The third kappa shape index (κ3) is 3.67. The van der Waals surface area contributed by atoms with Crippen molar-refractivity contribution < 1.29 is 4.79 Å². The first-order chi connectivity index (χ1) is 7.06. The molecule has 0 spiro atoms. The first-order valence-corrected chi connectivity index (χ1v) is 5.68. The van der Waals surface area contributed by atoms with E-state index in [1.165, 1.54) is 6.42 Å². The van der Waals surface area contributed by atoms with Crippen LogP contribution in [-0.4, -0.2) is 25.0 Å². The summed E-state index contributed by atoms with van der Waals surface area (Å²) in [7, 11) is 1.81. The van der Waals surface area contributed by atoms with Crippen molar-refractivity contribution in [3.63, 3.8) is 0 Å². The number of nitrogens with one attached hydrogen (secondary N) is 2. The van der Waals surface area contributed by atoms with Gasteiger partial charge in [-0.15, -0.1) is 0 Å². The Morgan fingerprint density at radius 2 is 2.20 bits per heavy atom. The third-order valence-electron chi connectivity index (χ3n) is 3.12. The number of hydrogen-bond acceptors (Lipinski definition) is 2. The summed E-state index contributed by atoms with van der Waals surface area (Å²) in [5.74, 6) is 0.700. The van der Waals surface area contributed by atoms with Crippen molar-refractivity contribution >= 4 is 5.91 Å². The molecular weight excluding hydrogens is 188 g/mol. The Kier molecular flexibility index (Phi) is 4.33. The molecule has 3 heteroatoms. The lowest BCUT2D eigenvalue weighted by atomic mass is 9.94. The zero-order valence-electron chi connectivity index (χ0n) is 9.97. The molecule has 1 rings (SSSR count). The molecule has 1 unspecified atom stereocenters. The molecule has 15 heavy (non-hydrogen) atoms. The van der Waals surface area contributed by atoms with Crippen molar-refractivity contribution in [3.05, 3.63) is 12.2 Å². The van der Waals surface area contributed by atoms with Crippen LogP contribution in [-0.2, 0) is 4.79 Å². The van der Waals surface area contributed by atoms with Gasteiger partial charge in [0.15, 0.2) is 0 Å². The maximum absolute atomic E-state index is 11.7. The van der Waals surface area contributed by atoms with Gasteiger partial charge in [-0.3, -0.25) is 4.79 Å². The van der Waals surface area contributed by atoms with Gasteiger partial charge in [0.25, 0.3) is 0 Å². The van der Waals surface area contributed by atoms with Crippen LogP contribution in [0.5, 0.6) is 0 Å². The molecule has 0 heterocycles. The van der Waals surface area contributed by atoms with Gasteiger partial charge in [0, 0.05) is 6.54 Å². The van der Waals surface area contributed by atoms with E-state index in [0.717, 1.165) is 19.4 Å². The van der Waals surface area contributed by atoms with Gasteiger partial charge in [-0.25, -0.2) is 0 Å². The highest BCUT2D eigenvalue weighted by atomic mass is 16.2. The van der Waals surface area contributed by atoms with Crippen LogP contribution in [0.25, 0.3) is 0 Å². The normalized spacial score (nSPS) is 21.4. The van der Waals surface area contributed by atoms with Gasteiger partial charge in [-0.1, -0.05) is 12.2 Å². The van der Waals surface area contributed by atoms with Crippen molar-refractivity contribution in [2.24, 2.45) is 5.92 Å². The fourth-order valence-electron chi connectivity index (χ4n) is 1.61. The van der Waals surface area contributed by atoms with E-state index in [1.54, 1.807) is 0 Å². The van der Waals surface area contributed by atoms with Crippen molar-refractivity contribution in [2.75, 3.05) is 13.6 Å². The molecular formula is C12H22N2O. The van der Waals surface area contributed by atoms with Crippen molar-refractivity contribution in [1.29, 1.82) is 0 Å². The van der Waals surface area contributed by atoms with Gasteiger partial charge in [-0.2, -0.15) is 0 Å². The van der Waals surface area contributed by atoms with Crippen LogP contribution in [0.4, 0.5) is 0 Å². The van der Waals surface area contributed by atoms with Crippen LogP contribution in [0, 0.1) is 5.92 Å². The van der Waals surface area contributed by atoms with Crippen molar-refractivity contribution in [3.8, 4) is 0 Å². The summed E-state index contributed by atoms with van der Waals surface area (Å²) >= 11 is 0. The van der Waals surface area contributed by atoms with Crippen molar-refractivity contribution in [2.45, 2.75) is 38.6 Å². The van der Waals surface area contributed by atoms with Gasteiger partial charge in [0.1, 0.15) is 0 Å². The smallest absolute Gasteiger partial charge is 0.239 e. The molecule has 1 atom stereocenters. The molecule has 1 aliphatic rings. The molecule has 0 bridgehead atoms. The van der Waals surface area contributed by atoms with Crippen LogP contribution < -0.4 is 10.6 Å². The number of hydrogen-bond donors (Lipinski definition) is 2. The summed E-state index contributed by atoms with van der Waals surface area (Å²) in [5, 5.41) is 6.01. The van der Waals surface area contributed by atoms with Gasteiger partial charge in [-0.05, 0) is 46.1 Å². The van der Waals surface area contributed by atoms with Gasteiger partial charge < -0.3 is 10.6 Å². The lowest BCUT2D eigenvalue weighted by Crippen LogP contribution is -2.51. The molecule has 2 N–H and O–H groups in total. The molecule has 0 aromatic rings. The molecule has 0 aliphatic heterocycles. The number of allylic oxidation sites excluding steroid dienone is 2. The molecule has 0 fully saturated rings. The number of likely N-dealkylation sites (N-methyl/N-ethyl adjacent to an activating group) is 1. The predicted molar refractivity (Wildman–Crippen MR) is 62.6 cm³/mol. The Balaban J connectivity index is 2.30. The Labute approximate surface area is 92.3 Å². The molecule has 3 nitrogen and oxygen atoms in total. The molecule has 0 aromatic heterocycles. The predicted octanol–water partition coefficient (Wildman–Crippen LogP) is 1.46. The minimum Gasteiger partial charge on any atom is -0.354 e. The average Bonchev–Trinajstić information content (AvgIpc) is 2.27. The summed E-state index contributed by atoms with van der Waals surface area (Å²) in [5.41, 5.74) is -0.468. The maximum atomic E-state index is 11.7. The Morgan fingerprint density at radius 3 is 2.73 bits per heavy atom.